The van der Waals surface area contributed by atoms with Gasteiger partial charge in [-0.2, -0.15) is 0 Å². The van der Waals surface area contributed by atoms with Gasteiger partial charge in [0.1, 0.15) is 11.9 Å². The third kappa shape index (κ3) is 4.31. The van der Waals surface area contributed by atoms with Crippen molar-refractivity contribution in [1.82, 2.24) is 0 Å². The van der Waals surface area contributed by atoms with Gasteiger partial charge in [0.15, 0.2) is 0 Å². The normalized spacial score (nSPS) is 28.3. The van der Waals surface area contributed by atoms with E-state index in [1.807, 2.05) is 19.1 Å². The summed E-state index contributed by atoms with van der Waals surface area (Å²) in [5.41, 5.74) is 1.53. The highest BCUT2D eigenvalue weighted by molar-refractivity contribution is 6.31. The molecule has 1 aliphatic rings. The lowest BCUT2D eigenvalue weighted by Gasteiger charge is -2.45. The molecule has 1 saturated carbocycles. The summed E-state index contributed by atoms with van der Waals surface area (Å²) in [7, 11) is 0. The van der Waals surface area contributed by atoms with E-state index in [1.54, 1.807) is 12.1 Å². The summed E-state index contributed by atoms with van der Waals surface area (Å²) in [6.45, 7) is 1.40. The lowest BCUT2D eigenvalue weighted by molar-refractivity contribution is -0.232. The molecule has 0 heterocycles. The molecule has 0 radical (unpaired) electrons. The summed E-state index contributed by atoms with van der Waals surface area (Å²) in [5, 5.41) is 40.0. The van der Waals surface area contributed by atoms with Crippen LogP contribution in [0.5, 0.6) is 5.75 Å². The molecule has 2 aromatic carbocycles. The minimum Gasteiger partial charge on any atom is -0.494 e. The van der Waals surface area contributed by atoms with E-state index >= 15 is 8.78 Å². The maximum absolute atomic E-state index is 15.0. The number of halogens is 3. The maximum atomic E-state index is 15.0. The van der Waals surface area contributed by atoms with Gasteiger partial charge in [-0.1, -0.05) is 35.9 Å². The molecule has 30 heavy (non-hydrogen) atoms. The van der Waals surface area contributed by atoms with Crippen LogP contribution in [0.15, 0.2) is 42.5 Å². The van der Waals surface area contributed by atoms with Gasteiger partial charge < -0.3 is 25.2 Å². The van der Waals surface area contributed by atoms with Gasteiger partial charge in [-0.05, 0) is 48.2 Å². The zero-order chi connectivity index (χ0) is 22.1. The highest BCUT2D eigenvalue weighted by Gasteiger charge is 2.60. The van der Waals surface area contributed by atoms with Crippen LogP contribution in [0, 0.1) is 5.92 Å². The van der Waals surface area contributed by atoms with Crippen molar-refractivity contribution in [3.05, 3.63) is 64.2 Å². The highest BCUT2D eigenvalue weighted by Crippen LogP contribution is 2.48. The molecule has 1 aliphatic carbocycles. The number of aliphatic hydroxyl groups excluding tert-OH is 4. The Morgan fingerprint density at radius 2 is 1.67 bits per heavy atom. The zero-order valence-electron chi connectivity index (χ0n) is 16.4. The largest absolute Gasteiger partial charge is 0.494 e. The summed E-state index contributed by atoms with van der Waals surface area (Å²) in [6, 6.07) is 11.6. The first-order chi connectivity index (χ1) is 14.2. The number of alkyl halides is 2. The Labute approximate surface area is 178 Å². The van der Waals surface area contributed by atoms with Crippen molar-refractivity contribution < 1.29 is 33.9 Å². The number of hydrogen-bond acceptors (Lipinski definition) is 5. The predicted molar refractivity (Wildman–Crippen MR) is 108 cm³/mol. The molecule has 0 aliphatic heterocycles. The maximum Gasteiger partial charge on any atom is 0.264 e. The predicted octanol–water partition coefficient (Wildman–Crippen LogP) is 2.75. The Hall–Kier alpha value is -1.77. The van der Waals surface area contributed by atoms with Gasteiger partial charge in [-0.3, -0.25) is 0 Å². The highest BCUT2D eigenvalue weighted by atomic mass is 35.5. The van der Waals surface area contributed by atoms with Crippen molar-refractivity contribution in [2.75, 3.05) is 13.2 Å². The summed E-state index contributed by atoms with van der Waals surface area (Å²) in [5.74, 6) is -6.62. The third-order valence-corrected chi connectivity index (χ3v) is 5.99. The van der Waals surface area contributed by atoms with Crippen molar-refractivity contribution >= 4 is 11.6 Å². The van der Waals surface area contributed by atoms with Crippen LogP contribution in [0.25, 0.3) is 0 Å². The second kappa shape index (κ2) is 9.16. The first-order valence-corrected chi connectivity index (χ1v) is 10.1. The van der Waals surface area contributed by atoms with Gasteiger partial charge in [0.25, 0.3) is 5.92 Å². The van der Waals surface area contributed by atoms with Gasteiger partial charge in [-0.15, -0.1) is 0 Å². The molecule has 164 valence electrons. The van der Waals surface area contributed by atoms with Crippen molar-refractivity contribution in [3.8, 4) is 5.75 Å². The van der Waals surface area contributed by atoms with Crippen LogP contribution in [0.4, 0.5) is 8.78 Å². The lowest BCUT2D eigenvalue weighted by atomic mass is 9.70. The van der Waals surface area contributed by atoms with Gasteiger partial charge in [-0.25, -0.2) is 8.78 Å². The van der Waals surface area contributed by atoms with E-state index in [-0.39, 0.29) is 5.56 Å². The van der Waals surface area contributed by atoms with E-state index in [9.17, 15) is 20.4 Å². The minimum atomic E-state index is -3.64. The Kier molecular flexibility index (Phi) is 6.99. The van der Waals surface area contributed by atoms with Crippen LogP contribution >= 0.6 is 11.6 Å². The topological polar surface area (TPSA) is 90.2 Å². The fraction of sp³-hybridized carbons (Fsp3) is 0.455. The molecule has 0 spiro atoms. The molecule has 0 amide bonds. The summed E-state index contributed by atoms with van der Waals surface area (Å²) in [6.07, 6.45) is -5.29. The molecular weight excluding hydrogens is 418 g/mol. The quantitative estimate of drug-likeness (QED) is 0.552. The summed E-state index contributed by atoms with van der Waals surface area (Å²) >= 11 is 6.28. The molecule has 2 aromatic rings. The van der Waals surface area contributed by atoms with Crippen LogP contribution in [0.2, 0.25) is 5.02 Å². The molecule has 5 atom stereocenters. The number of hydrogen-bond donors (Lipinski definition) is 4. The van der Waals surface area contributed by atoms with Crippen molar-refractivity contribution in [1.29, 1.82) is 0 Å². The number of ether oxygens (including phenoxy) is 1. The monoisotopic (exact) mass is 442 g/mol. The van der Waals surface area contributed by atoms with Crippen molar-refractivity contribution in [2.24, 2.45) is 5.92 Å². The SMILES string of the molecule is CCOc1ccc(Cc2cc(C3C(O)C(O)C(O)C(CO)C3(F)F)ccc2Cl)cc1. The number of aliphatic hydroxyl groups is 4. The van der Waals surface area contributed by atoms with E-state index in [0.717, 1.165) is 5.56 Å². The van der Waals surface area contributed by atoms with E-state index in [1.165, 1.54) is 18.2 Å². The average molecular weight is 443 g/mol. The van der Waals surface area contributed by atoms with Crippen molar-refractivity contribution in [3.63, 3.8) is 0 Å². The molecule has 0 bridgehead atoms. The van der Waals surface area contributed by atoms with Crippen LogP contribution in [-0.4, -0.2) is 57.9 Å². The molecular formula is C22H25ClF2O5. The zero-order valence-corrected chi connectivity index (χ0v) is 17.1. The van der Waals surface area contributed by atoms with Gasteiger partial charge in [0.05, 0.1) is 37.3 Å². The molecule has 4 N–H and O–H groups in total. The summed E-state index contributed by atoms with van der Waals surface area (Å²) < 4.78 is 35.5. The standard InChI is InChI=1S/C22H25ClF2O5/c1-2-30-15-6-3-12(4-7-15)9-14-10-13(5-8-17(14)23)18-20(28)21(29)19(27)16(11-26)22(18,24)25/h3-8,10,16,18-21,26-29H,2,9,11H2,1H3. The Bertz CT molecular complexity index is 861. The minimum absolute atomic E-state index is 0.0715. The molecule has 5 nitrogen and oxygen atoms in total. The Morgan fingerprint density at radius 1 is 1.00 bits per heavy atom. The molecule has 5 unspecified atom stereocenters. The first-order valence-electron chi connectivity index (χ1n) is 9.73. The van der Waals surface area contributed by atoms with E-state index in [2.05, 4.69) is 0 Å². The van der Waals surface area contributed by atoms with E-state index < -0.39 is 42.7 Å². The Balaban J connectivity index is 1.93. The lowest BCUT2D eigenvalue weighted by Crippen LogP contribution is -2.61. The summed E-state index contributed by atoms with van der Waals surface area (Å²) in [4.78, 5) is 0. The third-order valence-electron chi connectivity index (χ3n) is 5.62. The molecule has 0 aromatic heterocycles. The Morgan fingerprint density at radius 3 is 2.27 bits per heavy atom. The fourth-order valence-electron chi connectivity index (χ4n) is 3.99. The molecule has 1 fully saturated rings. The van der Waals surface area contributed by atoms with Crippen LogP contribution < -0.4 is 4.74 Å². The fourth-order valence-corrected chi connectivity index (χ4v) is 4.17. The first kappa shape index (κ1) is 22.9. The van der Waals surface area contributed by atoms with Crippen LogP contribution in [-0.2, 0) is 6.42 Å². The molecule has 0 saturated heterocycles. The van der Waals surface area contributed by atoms with E-state index in [0.29, 0.717) is 29.4 Å². The van der Waals surface area contributed by atoms with Crippen LogP contribution in [0.1, 0.15) is 29.5 Å². The average Bonchev–Trinajstić information content (AvgIpc) is 2.70. The number of benzene rings is 2. The molecule has 3 rings (SSSR count). The second-order valence-corrected chi connectivity index (χ2v) is 7.92. The van der Waals surface area contributed by atoms with Crippen LogP contribution in [0.3, 0.4) is 0 Å². The van der Waals surface area contributed by atoms with Gasteiger partial charge in [0, 0.05) is 5.02 Å². The number of rotatable bonds is 6. The smallest absolute Gasteiger partial charge is 0.264 e. The van der Waals surface area contributed by atoms with Gasteiger partial charge in [0.2, 0.25) is 0 Å². The molecule has 8 heteroatoms. The van der Waals surface area contributed by atoms with Crippen molar-refractivity contribution in [2.45, 2.75) is 43.5 Å². The van der Waals surface area contributed by atoms with Gasteiger partial charge >= 0.3 is 0 Å². The van der Waals surface area contributed by atoms with E-state index in [4.69, 9.17) is 16.3 Å². The second-order valence-electron chi connectivity index (χ2n) is 7.52.